The van der Waals surface area contributed by atoms with Crippen molar-refractivity contribution in [2.45, 2.75) is 6.42 Å². The van der Waals surface area contributed by atoms with Crippen LogP contribution in [-0.4, -0.2) is 15.9 Å². The van der Waals surface area contributed by atoms with Gasteiger partial charge < -0.3 is 14.3 Å². The molecule has 4 aromatic rings. The van der Waals surface area contributed by atoms with Crippen molar-refractivity contribution in [2.24, 2.45) is 0 Å². The van der Waals surface area contributed by atoms with E-state index >= 15 is 0 Å². The summed E-state index contributed by atoms with van der Waals surface area (Å²) in [6.07, 6.45) is 1.40. The minimum absolute atomic E-state index is 0.319. The number of aromatic nitrogens is 2. The Morgan fingerprint density at radius 3 is 2.88 bits per heavy atom. The van der Waals surface area contributed by atoms with Crippen LogP contribution in [-0.2, 0) is 11.2 Å². The molecule has 0 atom stereocenters. The number of hydrogen-bond acceptors (Lipinski definition) is 6. The molecule has 0 unspecified atom stereocenters. The number of nitrogens with zero attached hydrogens (tertiary/aromatic N) is 2. The second-order valence-corrected chi connectivity index (χ2v) is 7.07. The van der Waals surface area contributed by atoms with E-state index in [0.29, 0.717) is 21.7 Å². The quantitative estimate of drug-likeness (QED) is 0.549. The number of thiophene rings is 1. The third-order valence-electron chi connectivity index (χ3n) is 3.66. The van der Waals surface area contributed by atoms with Gasteiger partial charge in [-0.2, -0.15) is 0 Å². The lowest BCUT2D eigenvalue weighted by molar-refractivity contribution is -0.304. The lowest BCUT2D eigenvalue weighted by Gasteiger charge is -1.99. The van der Waals surface area contributed by atoms with Crippen LogP contribution < -0.4 is 5.11 Å². The summed E-state index contributed by atoms with van der Waals surface area (Å²) in [4.78, 5) is 20.4. The molecule has 0 fully saturated rings. The maximum atomic E-state index is 11.1. The predicted octanol–water partition coefficient (Wildman–Crippen LogP) is 3.56. The molecular formula is C18H10ClN2O3S-. The monoisotopic (exact) mass is 369 g/mol. The molecule has 0 aliphatic heterocycles. The summed E-state index contributed by atoms with van der Waals surface area (Å²) < 4.78 is 6.47. The number of carbonyl (C=O) groups excluding carboxylic acids is 1. The fourth-order valence-corrected chi connectivity index (χ4v) is 3.62. The van der Waals surface area contributed by atoms with Gasteiger partial charge in [0.25, 0.3) is 0 Å². The summed E-state index contributed by atoms with van der Waals surface area (Å²) in [5.74, 6) is -0.463. The van der Waals surface area contributed by atoms with Crippen LogP contribution in [0.2, 0.25) is 4.34 Å². The Morgan fingerprint density at radius 2 is 2.12 bits per heavy atom. The van der Waals surface area contributed by atoms with Gasteiger partial charge in [0.15, 0.2) is 5.76 Å². The van der Waals surface area contributed by atoms with Gasteiger partial charge in [-0.25, -0.2) is 4.98 Å². The van der Waals surface area contributed by atoms with E-state index in [1.165, 1.54) is 11.3 Å². The normalized spacial score (nSPS) is 11.1. The van der Waals surface area contributed by atoms with Crippen molar-refractivity contribution in [1.82, 2.24) is 9.97 Å². The standard InChI is InChI=1S/C18H11ClN2O3S/c19-15-6-5-14(25-15)17-13(9-16(22)23)21-18(24-17)11-3-4-12-10(8-11)2-1-7-20-12/h1-8H,9H2,(H,22,23)/p-1. The molecule has 0 aliphatic rings. The number of pyridine rings is 1. The van der Waals surface area contributed by atoms with Crippen molar-refractivity contribution >= 4 is 39.8 Å². The van der Waals surface area contributed by atoms with Crippen LogP contribution in [0.3, 0.4) is 0 Å². The average molecular weight is 370 g/mol. The molecule has 0 radical (unpaired) electrons. The molecule has 0 bridgehead atoms. The van der Waals surface area contributed by atoms with E-state index in [4.69, 9.17) is 16.0 Å². The van der Waals surface area contributed by atoms with Crippen molar-refractivity contribution in [2.75, 3.05) is 0 Å². The molecule has 0 amide bonds. The highest BCUT2D eigenvalue weighted by molar-refractivity contribution is 7.19. The Balaban J connectivity index is 1.83. The number of carboxylic acid groups (broad SMARTS) is 1. The number of carboxylic acids is 1. The largest absolute Gasteiger partial charge is 0.550 e. The highest BCUT2D eigenvalue weighted by Gasteiger charge is 2.18. The van der Waals surface area contributed by atoms with E-state index in [-0.39, 0.29) is 6.42 Å². The molecule has 0 aliphatic carbocycles. The summed E-state index contributed by atoms with van der Waals surface area (Å²) in [5, 5.41) is 12.0. The minimum Gasteiger partial charge on any atom is -0.550 e. The average Bonchev–Trinajstić information content (AvgIpc) is 3.20. The molecule has 4 rings (SSSR count). The zero-order valence-corrected chi connectivity index (χ0v) is 14.3. The van der Waals surface area contributed by atoms with Crippen LogP contribution in [0.5, 0.6) is 0 Å². The smallest absolute Gasteiger partial charge is 0.227 e. The lowest BCUT2D eigenvalue weighted by atomic mass is 10.1. The predicted molar refractivity (Wildman–Crippen MR) is 94.3 cm³/mol. The van der Waals surface area contributed by atoms with Crippen molar-refractivity contribution < 1.29 is 14.3 Å². The van der Waals surface area contributed by atoms with Crippen molar-refractivity contribution in [3.05, 3.63) is 58.7 Å². The van der Waals surface area contributed by atoms with Gasteiger partial charge in [0.05, 0.1) is 20.4 Å². The van der Waals surface area contributed by atoms with E-state index < -0.39 is 5.97 Å². The van der Waals surface area contributed by atoms with E-state index in [2.05, 4.69) is 9.97 Å². The Labute approximate surface area is 151 Å². The molecular weight excluding hydrogens is 360 g/mol. The lowest BCUT2D eigenvalue weighted by Crippen LogP contribution is -2.24. The SMILES string of the molecule is O=C([O-])Cc1nc(-c2ccc3ncccc3c2)oc1-c1ccc(Cl)s1. The summed E-state index contributed by atoms with van der Waals surface area (Å²) in [5.41, 5.74) is 1.92. The summed E-state index contributed by atoms with van der Waals surface area (Å²) in [6, 6.07) is 12.9. The van der Waals surface area contributed by atoms with E-state index in [0.717, 1.165) is 21.3 Å². The second kappa shape index (κ2) is 6.31. The first kappa shape index (κ1) is 15.8. The van der Waals surface area contributed by atoms with Crippen molar-refractivity contribution in [1.29, 1.82) is 0 Å². The molecule has 124 valence electrons. The number of carbonyl (C=O) groups is 1. The third kappa shape index (κ3) is 3.14. The number of rotatable bonds is 4. The first-order valence-electron chi connectivity index (χ1n) is 7.40. The number of benzene rings is 1. The van der Waals surface area contributed by atoms with Gasteiger partial charge in [0, 0.05) is 29.5 Å². The van der Waals surface area contributed by atoms with E-state index in [9.17, 15) is 9.90 Å². The van der Waals surface area contributed by atoms with Crippen LogP contribution in [0.1, 0.15) is 5.69 Å². The maximum Gasteiger partial charge on any atom is 0.227 e. The number of halogens is 1. The number of hydrogen-bond donors (Lipinski definition) is 0. The zero-order chi connectivity index (χ0) is 17.4. The van der Waals surface area contributed by atoms with Gasteiger partial charge >= 0.3 is 0 Å². The Morgan fingerprint density at radius 1 is 1.24 bits per heavy atom. The van der Waals surface area contributed by atoms with Gasteiger partial charge in [-0.1, -0.05) is 17.7 Å². The minimum atomic E-state index is -1.22. The molecule has 0 N–H and O–H groups in total. The zero-order valence-electron chi connectivity index (χ0n) is 12.7. The molecule has 5 nitrogen and oxygen atoms in total. The summed E-state index contributed by atoms with van der Waals surface area (Å²) in [7, 11) is 0. The third-order valence-corrected chi connectivity index (χ3v) is 4.89. The van der Waals surface area contributed by atoms with Crippen molar-refractivity contribution in [3.63, 3.8) is 0 Å². The molecule has 25 heavy (non-hydrogen) atoms. The van der Waals surface area contributed by atoms with Gasteiger partial charge in [-0.05, 0) is 36.4 Å². The first-order valence-corrected chi connectivity index (χ1v) is 8.60. The molecule has 0 spiro atoms. The fraction of sp³-hybridized carbons (Fsp3) is 0.0556. The van der Waals surface area contributed by atoms with Crippen LogP contribution in [0.4, 0.5) is 0 Å². The second-order valence-electron chi connectivity index (χ2n) is 5.36. The number of oxazole rings is 1. The number of aliphatic carboxylic acids is 1. The summed E-state index contributed by atoms with van der Waals surface area (Å²) >= 11 is 7.28. The Hall–Kier alpha value is -2.70. The number of fused-ring (bicyclic) bond motifs is 1. The highest BCUT2D eigenvalue weighted by atomic mass is 35.5. The topological polar surface area (TPSA) is 79.0 Å². The highest BCUT2D eigenvalue weighted by Crippen LogP contribution is 2.36. The van der Waals surface area contributed by atoms with Crippen LogP contribution in [0.15, 0.2) is 53.1 Å². The van der Waals surface area contributed by atoms with Crippen molar-refractivity contribution in [3.8, 4) is 22.1 Å². The molecule has 0 saturated heterocycles. The molecule has 3 heterocycles. The van der Waals surface area contributed by atoms with Crippen LogP contribution in [0.25, 0.3) is 33.0 Å². The van der Waals surface area contributed by atoms with Crippen LogP contribution in [0, 0.1) is 0 Å². The molecule has 7 heteroatoms. The maximum absolute atomic E-state index is 11.1. The van der Waals surface area contributed by atoms with E-state index in [1.807, 2.05) is 30.3 Å². The summed E-state index contributed by atoms with van der Waals surface area (Å²) in [6.45, 7) is 0. The molecule has 0 saturated carbocycles. The Kier molecular flexibility index (Phi) is 3.99. The van der Waals surface area contributed by atoms with Gasteiger partial charge in [-0.15, -0.1) is 11.3 Å². The Bertz CT molecular complexity index is 1090. The first-order chi connectivity index (χ1) is 12.1. The van der Waals surface area contributed by atoms with E-state index in [1.54, 1.807) is 18.3 Å². The van der Waals surface area contributed by atoms with Crippen LogP contribution >= 0.6 is 22.9 Å². The fourth-order valence-electron chi connectivity index (χ4n) is 2.57. The molecule has 3 aromatic heterocycles. The van der Waals surface area contributed by atoms with Gasteiger partial charge in [0.2, 0.25) is 5.89 Å². The molecule has 1 aromatic carbocycles. The van der Waals surface area contributed by atoms with Gasteiger partial charge in [0.1, 0.15) is 0 Å². The van der Waals surface area contributed by atoms with Gasteiger partial charge in [-0.3, -0.25) is 4.98 Å².